The molecule has 1 saturated carbocycles. The smallest absolute Gasteiger partial charge is 0.360 e. The second-order valence-electron chi connectivity index (χ2n) is 6.03. The topological polar surface area (TPSA) is 90.7 Å². The Morgan fingerprint density at radius 2 is 2.04 bits per heavy atom. The van der Waals surface area contributed by atoms with E-state index >= 15 is 0 Å². The van der Waals surface area contributed by atoms with Gasteiger partial charge in [-0.15, -0.1) is 0 Å². The van der Waals surface area contributed by atoms with Crippen LogP contribution in [-0.2, 0) is 26.3 Å². The summed E-state index contributed by atoms with van der Waals surface area (Å²) in [5.41, 5.74) is 1.37. The summed E-state index contributed by atoms with van der Waals surface area (Å²) in [5, 5.41) is 2.91. The van der Waals surface area contributed by atoms with Gasteiger partial charge < -0.3 is 19.2 Å². The second-order valence-corrected chi connectivity index (χ2v) is 6.03. The van der Waals surface area contributed by atoms with Crippen LogP contribution in [0.4, 0.5) is 0 Å². The lowest BCUT2D eigenvalue weighted by atomic mass is 9.96. The predicted octanol–water partition coefficient (Wildman–Crippen LogP) is 1.83. The Bertz CT molecular complexity index is 737. The van der Waals surface area contributed by atoms with Gasteiger partial charge in [0.15, 0.2) is 17.8 Å². The van der Waals surface area contributed by atoms with E-state index in [1.54, 1.807) is 0 Å². The standard InChI is InChI=1S/C18H20N2O5/c1-23-17(22)16-14(25-12-20-16)9-24-10-15(21)19-11-18(7-8-18)13-5-3-2-4-6-13/h2-6,12H,7-11H2,1H3,(H,19,21). The molecule has 1 aromatic carbocycles. The Kier molecular flexibility index (Phi) is 5.14. The third-order valence-corrected chi connectivity index (χ3v) is 4.35. The minimum Gasteiger partial charge on any atom is -0.464 e. The lowest BCUT2D eigenvalue weighted by Gasteiger charge is -2.16. The highest BCUT2D eigenvalue weighted by molar-refractivity contribution is 5.88. The van der Waals surface area contributed by atoms with E-state index in [9.17, 15) is 9.59 Å². The van der Waals surface area contributed by atoms with Gasteiger partial charge in [-0.2, -0.15) is 0 Å². The molecule has 0 bridgehead atoms. The Morgan fingerprint density at radius 3 is 2.72 bits per heavy atom. The molecule has 1 N–H and O–H groups in total. The van der Waals surface area contributed by atoms with Crippen LogP contribution >= 0.6 is 0 Å². The zero-order valence-corrected chi connectivity index (χ0v) is 14.0. The number of nitrogens with one attached hydrogen (secondary N) is 1. The summed E-state index contributed by atoms with van der Waals surface area (Å²) in [7, 11) is 1.26. The molecule has 0 aliphatic heterocycles. The molecule has 0 radical (unpaired) electrons. The van der Waals surface area contributed by atoms with Gasteiger partial charge in [0.25, 0.3) is 0 Å². The fourth-order valence-electron chi connectivity index (χ4n) is 2.70. The summed E-state index contributed by atoms with van der Waals surface area (Å²) in [5.74, 6) is -0.570. The van der Waals surface area contributed by atoms with Gasteiger partial charge in [-0.3, -0.25) is 4.79 Å². The van der Waals surface area contributed by atoms with Gasteiger partial charge in [-0.1, -0.05) is 30.3 Å². The van der Waals surface area contributed by atoms with Crippen LogP contribution in [0.5, 0.6) is 0 Å². The van der Waals surface area contributed by atoms with Gasteiger partial charge in [-0.25, -0.2) is 9.78 Å². The average molecular weight is 344 g/mol. The van der Waals surface area contributed by atoms with E-state index in [4.69, 9.17) is 9.15 Å². The number of benzene rings is 1. The first-order chi connectivity index (χ1) is 12.1. The van der Waals surface area contributed by atoms with Crippen LogP contribution < -0.4 is 5.32 Å². The number of hydrogen-bond donors (Lipinski definition) is 1. The molecule has 25 heavy (non-hydrogen) atoms. The van der Waals surface area contributed by atoms with Gasteiger partial charge in [-0.05, 0) is 18.4 Å². The van der Waals surface area contributed by atoms with Crippen molar-refractivity contribution in [1.82, 2.24) is 10.3 Å². The molecule has 1 aromatic heterocycles. The minimum atomic E-state index is -0.602. The highest BCUT2D eigenvalue weighted by Crippen LogP contribution is 2.47. The molecule has 132 valence electrons. The Balaban J connectivity index is 1.44. The van der Waals surface area contributed by atoms with Gasteiger partial charge in [0, 0.05) is 12.0 Å². The maximum Gasteiger partial charge on any atom is 0.360 e. The average Bonchev–Trinajstić information content (AvgIpc) is 3.30. The summed E-state index contributed by atoms with van der Waals surface area (Å²) in [6.45, 7) is 0.447. The van der Waals surface area contributed by atoms with Crippen molar-refractivity contribution in [3.8, 4) is 0 Å². The molecule has 2 aromatic rings. The summed E-state index contributed by atoms with van der Waals surface area (Å²) in [4.78, 5) is 27.2. The Hall–Kier alpha value is -2.67. The van der Waals surface area contributed by atoms with Crippen molar-refractivity contribution >= 4 is 11.9 Å². The molecule has 1 amide bonds. The number of amides is 1. The van der Waals surface area contributed by atoms with Gasteiger partial charge >= 0.3 is 5.97 Å². The number of methoxy groups -OCH3 is 1. The lowest BCUT2D eigenvalue weighted by Crippen LogP contribution is -2.34. The van der Waals surface area contributed by atoms with Crippen molar-refractivity contribution in [3.05, 3.63) is 53.7 Å². The van der Waals surface area contributed by atoms with Crippen LogP contribution in [0.3, 0.4) is 0 Å². The number of hydrogen-bond acceptors (Lipinski definition) is 6. The molecule has 3 rings (SSSR count). The quantitative estimate of drug-likeness (QED) is 0.735. The zero-order chi connectivity index (χ0) is 17.7. The van der Waals surface area contributed by atoms with Crippen molar-refractivity contribution in [1.29, 1.82) is 0 Å². The SMILES string of the molecule is COC(=O)c1ncoc1COCC(=O)NCC1(c2ccccc2)CC1. The number of carbonyl (C=O) groups excluding carboxylic acids is 2. The molecule has 0 atom stereocenters. The number of nitrogens with zero attached hydrogens (tertiary/aromatic N) is 1. The van der Waals surface area contributed by atoms with Crippen molar-refractivity contribution < 1.29 is 23.5 Å². The van der Waals surface area contributed by atoms with Crippen molar-refractivity contribution in [2.45, 2.75) is 24.9 Å². The van der Waals surface area contributed by atoms with Crippen LogP contribution in [0.15, 0.2) is 41.1 Å². The first-order valence-corrected chi connectivity index (χ1v) is 8.05. The summed E-state index contributed by atoms with van der Waals surface area (Å²) < 4.78 is 15.0. The van der Waals surface area contributed by atoms with Gasteiger partial charge in [0.05, 0.1) is 7.11 Å². The largest absolute Gasteiger partial charge is 0.464 e. The molecule has 1 fully saturated rings. The number of aromatic nitrogens is 1. The van der Waals surface area contributed by atoms with Gasteiger partial charge in [0.1, 0.15) is 13.2 Å². The minimum absolute atomic E-state index is 0.0261. The Labute approximate surface area is 145 Å². The van der Waals surface area contributed by atoms with Crippen LogP contribution in [0.25, 0.3) is 0 Å². The fraction of sp³-hybridized carbons (Fsp3) is 0.389. The first kappa shape index (κ1) is 17.2. The van der Waals surface area contributed by atoms with Crippen molar-refractivity contribution in [2.75, 3.05) is 20.3 Å². The van der Waals surface area contributed by atoms with Crippen molar-refractivity contribution in [2.24, 2.45) is 0 Å². The Morgan fingerprint density at radius 1 is 1.28 bits per heavy atom. The van der Waals surface area contributed by atoms with Crippen molar-refractivity contribution in [3.63, 3.8) is 0 Å². The maximum atomic E-state index is 12.0. The maximum absolute atomic E-state index is 12.0. The molecular weight excluding hydrogens is 324 g/mol. The third kappa shape index (κ3) is 4.06. The van der Waals surface area contributed by atoms with E-state index in [-0.39, 0.29) is 36.0 Å². The van der Waals surface area contributed by atoms with E-state index in [0.29, 0.717) is 6.54 Å². The van der Waals surface area contributed by atoms with E-state index < -0.39 is 5.97 Å². The van der Waals surface area contributed by atoms with E-state index in [2.05, 4.69) is 27.2 Å². The molecule has 0 spiro atoms. The molecule has 1 heterocycles. The third-order valence-electron chi connectivity index (χ3n) is 4.35. The fourth-order valence-corrected chi connectivity index (χ4v) is 2.70. The first-order valence-electron chi connectivity index (χ1n) is 8.05. The lowest BCUT2D eigenvalue weighted by molar-refractivity contribution is -0.126. The number of esters is 1. The number of carbonyl (C=O) groups is 2. The summed E-state index contributed by atoms with van der Waals surface area (Å²) >= 11 is 0. The second kappa shape index (κ2) is 7.48. The highest BCUT2D eigenvalue weighted by Gasteiger charge is 2.44. The molecule has 7 nitrogen and oxygen atoms in total. The van der Waals surface area contributed by atoms with Gasteiger partial charge in [0.2, 0.25) is 5.91 Å². The molecule has 7 heteroatoms. The zero-order valence-electron chi connectivity index (χ0n) is 14.0. The molecule has 0 unspecified atom stereocenters. The van der Waals surface area contributed by atoms with E-state index in [0.717, 1.165) is 19.2 Å². The molecule has 1 aliphatic rings. The summed E-state index contributed by atoms with van der Waals surface area (Å²) in [6.07, 6.45) is 3.28. The highest BCUT2D eigenvalue weighted by atomic mass is 16.5. The van der Waals surface area contributed by atoms with E-state index in [1.807, 2.05) is 18.2 Å². The normalized spacial score (nSPS) is 14.8. The number of ether oxygens (including phenoxy) is 2. The van der Waals surface area contributed by atoms with E-state index in [1.165, 1.54) is 12.7 Å². The number of rotatable bonds is 8. The molecule has 1 aliphatic carbocycles. The number of oxazole rings is 1. The molecular formula is C18H20N2O5. The molecule has 0 saturated heterocycles. The van der Waals surface area contributed by atoms with Crippen LogP contribution in [0.1, 0.15) is 34.7 Å². The monoisotopic (exact) mass is 344 g/mol. The van der Waals surface area contributed by atoms with Crippen LogP contribution in [0.2, 0.25) is 0 Å². The summed E-state index contributed by atoms with van der Waals surface area (Å²) in [6, 6.07) is 10.2. The van der Waals surface area contributed by atoms with Crippen LogP contribution in [0, 0.1) is 0 Å². The predicted molar refractivity (Wildman–Crippen MR) is 87.9 cm³/mol. The van der Waals surface area contributed by atoms with Crippen LogP contribution in [-0.4, -0.2) is 37.1 Å².